The van der Waals surface area contributed by atoms with Crippen molar-refractivity contribution in [3.8, 4) is 16.5 Å². The van der Waals surface area contributed by atoms with Crippen LogP contribution in [0.3, 0.4) is 0 Å². The Kier molecular flexibility index (Phi) is 9.27. The minimum Gasteiger partial charge on any atom is -0.497 e. The van der Waals surface area contributed by atoms with Gasteiger partial charge in [0.1, 0.15) is 18.2 Å². The van der Waals surface area contributed by atoms with Crippen LogP contribution >= 0.6 is 27.3 Å². The summed E-state index contributed by atoms with van der Waals surface area (Å²) in [4.78, 5) is 3.66. The van der Waals surface area contributed by atoms with Gasteiger partial charge in [0.05, 0.1) is 30.4 Å². The molecule has 10 nitrogen and oxygen atoms in total. The van der Waals surface area contributed by atoms with E-state index >= 15 is 0 Å². The van der Waals surface area contributed by atoms with Gasteiger partial charge in [0, 0.05) is 31.1 Å². The molecule has 44 heavy (non-hydrogen) atoms. The topological polar surface area (TPSA) is 104 Å². The lowest BCUT2D eigenvalue weighted by Gasteiger charge is -2.24. The maximum Gasteiger partial charge on any atom is 0.302 e. The minimum absolute atomic E-state index is 0.0183. The van der Waals surface area contributed by atoms with Crippen LogP contribution in [0.4, 0.5) is 8.78 Å². The second-order valence-electron chi connectivity index (χ2n) is 11.7. The number of halogens is 3. The van der Waals surface area contributed by atoms with Crippen LogP contribution in [0.2, 0.25) is 25.7 Å². The molecule has 4 aromatic rings. The lowest BCUT2D eigenvalue weighted by molar-refractivity contribution is 0.0818. The summed E-state index contributed by atoms with van der Waals surface area (Å²) in [5.41, 5.74) is 0.238. The fourth-order valence-corrected chi connectivity index (χ4v) is 8.65. The quantitative estimate of drug-likeness (QED) is 0.0818. The first-order valence-corrected chi connectivity index (χ1v) is 20.5. The highest BCUT2D eigenvalue weighted by atomic mass is 79.9. The van der Waals surface area contributed by atoms with Crippen LogP contribution in [-0.4, -0.2) is 60.2 Å². The average molecular weight is 726 g/mol. The predicted molar refractivity (Wildman–Crippen MR) is 170 cm³/mol. The normalized spacial score (nSPS) is 14.8. The highest BCUT2D eigenvalue weighted by Gasteiger charge is 2.61. The van der Waals surface area contributed by atoms with Crippen molar-refractivity contribution in [1.82, 2.24) is 24.3 Å². The molecule has 0 amide bonds. The lowest BCUT2D eigenvalue weighted by Crippen LogP contribution is -2.39. The number of hydrogen-bond donors (Lipinski definition) is 0. The Morgan fingerprint density at radius 1 is 1.20 bits per heavy atom. The Labute approximate surface area is 268 Å². The molecule has 0 N–H and O–H groups in total. The molecule has 0 saturated heterocycles. The summed E-state index contributed by atoms with van der Waals surface area (Å²) in [6.07, 6.45) is -1.99. The zero-order valence-corrected chi connectivity index (χ0v) is 28.8. The zero-order valence-electron chi connectivity index (χ0n) is 24.6. The highest BCUT2D eigenvalue weighted by Crippen LogP contribution is 2.47. The number of fused-ring (bicyclic) bond motifs is 1. The average Bonchev–Trinajstić information content (AvgIpc) is 3.43. The molecule has 5 rings (SSSR count). The smallest absolute Gasteiger partial charge is 0.302 e. The maximum atomic E-state index is 14.3. The van der Waals surface area contributed by atoms with E-state index < -0.39 is 35.2 Å². The van der Waals surface area contributed by atoms with Crippen molar-refractivity contribution in [3.63, 3.8) is 0 Å². The van der Waals surface area contributed by atoms with Gasteiger partial charge in [-0.3, -0.25) is 4.85 Å². The fraction of sp³-hybridized carbons (Fsp3) is 0.429. The zero-order chi connectivity index (χ0) is 31.9. The predicted octanol–water partition coefficient (Wildman–Crippen LogP) is 7.18. The van der Waals surface area contributed by atoms with Gasteiger partial charge in [-0.15, -0.1) is 14.5 Å². The van der Waals surface area contributed by atoms with Crippen LogP contribution in [0.15, 0.2) is 45.8 Å². The van der Waals surface area contributed by atoms with Gasteiger partial charge in [0.2, 0.25) is 10.0 Å². The molecule has 2 heterocycles. The number of alkyl halides is 2. The van der Waals surface area contributed by atoms with Crippen molar-refractivity contribution in [1.29, 1.82) is 0 Å². The van der Waals surface area contributed by atoms with E-state index in [-0.39, 0.29) is 28.9 Å². The number of ether oxygens (including phenoxy) is 2. The van der Waals surface area contributed by atoms with Gasteiger partial charge in [-0.2, -0.15) is 5.10 Å². The summed E-state index contributed by atoms with van der Waals surface area (Å²) in [7, 11) is -4.04. The Morgan fingerprint density at radius 3 is 2.48 bits per heavy atom. The van der Waals surface area contributed by atoms with Crippen molar-refractivity contribution in [2.75, 3.05) is 13.7 Å². The Morgan fingerprint density at radius 2 is 1.91 bits per heavy atom. The molecule has 1 fully saturated rings. The van der Waals surface area contributed by atoms with Crippen molar-refractivity contribution < 1.29 is 26.7 Å². The third-order valence-electron chi connectivity index (χ3n) is 7.25. The van der Waals surface area contributed by atoms with E-state index in [2.05, 4.69) is 55.7 Å². The SMILES string of the molecule is [C-]#[N+]C1(N(Cc2ccc(OC)cc2)S(=O)(=O)c2cc(Br)c3c(c2)c(-c2nnc(C(F)F)s2)nn3COCC[Si](C)(C)C)CC1. The van der Waals surface area contributed by atoms with Crippen LogP contribution in [0.1, 0.15) is 29.8 Å². The van der Waals surface area contributed by atoms with Crippen LogP contribution in [0.5, 0.6) is 5.75 Å². The largest absolute Gasteiger partial charge is 0.497 e. The number of benzene rings is 2. The summed E-state index contributed by atoms with van der Waals surface area (Å²) in [6, 6.07) is 10.9. The first kappa shape index (κ1) is 32.6. The van der Waals surface area contributed by atoms with Gasteiger partial charge in [-0.05, 0) is 51.8 Å². The molecule has 0 unspecified atom stereocenters. The molecular weight excluding hydrogens is 694 g/mol. The molecule has 1 aliphatic carbocycles. The Bertz CT molecular complexity index is 1820. The first-order chi connectivity index (χ1) is 20.8. The molecule has 0 bridgehead atoms. The van der Waals surface area contributed by atoms with E-state index in [1.54, 1.807) is 36.1 Å². The summed E-state index contributed by atoms with van der Waals surface area (Å²) < 4.78 is 69.8. The number of hydrogen-bond acceptors (Lipinski definition) is 8. The second kappa shape index (κ2) is 12.5. The van der Waals surface area contributed by atoms with Crippen molar-refractivity contribution in [3.05, 3.63) is 62.9 Å². The van der Waals surface area contributed by atoms with E-state index in [9.17, 15) is 17.2 Å². The molecule has 1 saturated carbocycles. The van der Waals surface area contributed by atoms with E-state index in [1.165, 1.54) is 16.4 Å². The van der Waals surface area contributed by atoms with Crippen LogP contribution in [-0.2, 0) is 28.0 Å². The van der Waals surface area contributed by atoms with Gasteiger partial charge in [-0.1, -0.05) is 43.1 Å². The summed E-state index contributed by atoms with van der Waals surface area (Å²) in [6.45, 7) is 15.1. The molecule has 0 spiro atoms. The van der Waals surface area contributed by atoms with Crippen LogP contribution in [0, 0.1) is 6.57 Å². The van der Waals surface area contributed by atoms with Gasteiger partial charge < -0.3 is 9.47 Å². The molecular formula is C28H31BrF2N6O4S2Si. The first-order valence-electron chi connectivity index (χ1n) is 13.7. The van der Waals surface area contributed by atoms with Crippen molar-refractivity contribution in [2.45, 2.75) is 68.8 Å². The lowest BCUT2D eigenvalue weighted by atomic mass is 10.2. The van der Waals surface area contributed by atoms with Gasteiger partial charge in [0.15, 0.2) is 10.0 Å². The number of methoxy groups -OCH3 is 1. The Hall–Kier alpha value is -2.81. The molecule has 2 aromatic heterocycles. The third-order valence-corrected chi connectivity index (χ3v) is 12.4. The molecule has 0 atom stereocenters. The van der Waals surface area contributed by atoms with E-state index in [0.717, 1.165) is 6.04 Å². The van der Waals surface area contributed by atoms with Crippen molar-refractivity contribution in [2.24, 2.45) is 0 Å². The molecule has 0 aliphatic heterocycles. The van der Waals surface area contributed by atoms with E-state index in [1.807, 2.05) is 0 Å². The summed E-state index contributed by atoms with van der Waals surface area (Å²) in [5, 5.41) is 12.2. The summed E-state index contributed by atoms with van der Waals surface area (Å²) >= 11 is 4.24. The van der Waals surface area contributed by atoms with E-state index in [4.69, 9.17) is 16.0 Å². The van der Waals surface area contributed by atoms with Crippen LogP contribution < -0.4 is 4.74 Å². The minimum atomic E-state index is -4.23. The molecule has 16 heteroatoms. The molecule has 0 radical (unpaired) electrons. The monoisotopic (exact) mass is 724 g/mol. The number of rotatable bonds is 13. The van der Waals surface area contributed by atoms with E-state index in [0.29, 0.717) is 57.5 Å². The number of nitrogens with zero attached hydrogens (tertiary/aromatic N) is 6. The highest BCUT2D eigenvalue weighted by molar-refractivity contribution is 9.10. The number of aromatic nitrogens is 4. The van der Waals surface area contributed by atoms with Gasteiger partial charge in [0.25, 0.3) is 6.43 Å². The number of sulfonamides is 1. The molecule has 1 aliphatic rings. The van der Waals surface area contributed by atoms with Gasteiger partial charge >= 0.3 is 5.66 Å². The van der Waals surface area contributed by atoms with Crippen molar-refractivity contribution >= 4 is 56.3 Å². The second-order valence-corrected chi connectivity index (χ2v) is 21.0. The fourth-order valence-electron chi connectivity index (χ4n) is 4.60. The Balaban J connectivity index is 1.59. The molecule has 2 aromatic carbocycles. The standard InChI is InChI=1S/C28H31BrF2N6O4S2Si/c1-32-28(10-11-28)37(16-18-6-8-19(40-2)9-7-18)43(38,39)20-14-21-23(26-33-34-27(42-26)25(30)31)35-36(24(21)22(29)15-20)17-41-12-13-44(3,4)5/h6-9,14-15,25H,10-13,16-17H2,2-5H3. The molecule has 234 valence electrons. The maximum absolute atomic E-state index is 14.3. The summed E-state index contributed by atoms with van der Waals surface area (Å²) in [5.74, 6) is 0.629. The third kappa shape index (κ3) is 6.72. The van der Waals surface area contributed by atoms with Gasteiger partial charge in [-0.25, -0.2) is 28.5 Å². The van der Waals surface area contributed by atoms with Crippen LogP contribution in [0.25, 0.3) is 26.4 Å².